The van der Waals surface area contributed by atoms with Gasteiger partial charge in [-0.25, -0.2) is 0 Å². The van der Waals surface area contributed by atoms with Crippen molar-refractivity contribution in [2.75, 3.05) is 6.54 Å². The van der Waals surface area contributed by atoms with Crippen LogP contribution in [0.5, 0.6) is 0 Å². The Morgan fingerprint density at radius 2 is 1.57 bits per heavy atom. The van der Waals surface area contributed by atoms with Crippen LogP contribution in [0.1, 0.15) is 58.9 Å². The molecular weight excluding hydrogens is 518 g/mol. The Labute approximate surface area is 234 Å². The van der Waals surface area contributed by atoms with E-state index in [1.807, 2.05) is 19.9 Å². The third kappa shape index (κ3) is 9.65. The average molecular weight is 560 g/mol. The first-order valence-corrected chi connectivity index (χ1v) is 13.6. The van der Waals surface area contributed by atoms with Crippen molar-refractivity contribution in [3.8, 4) is 0 Å². The van der Waals surface area contributed by atoms with Crippen molar-refractivity contribution in [2.24, 2.45) is 17.6 Å². The van der Waals surface area contributed by atoms with Crippen LogP contribution in [-0.2, 0) is 35.2 Å². The van der Waals surface area contributed by atoms with Gasteiger partial charge in [-0.15, -0.1) is 0 Å². The molecule has 0 radical (unpaired) electrons. The van der Waals surface area contributed by atoms with E-state index in [-0.39, 0.29) is 18.8 Å². The van der Waals surface area contributed by atoms with Crippen LogP contribution in [0, 0.1) is 11.8 Å². The van der Waals surface area contributed by atoms with E-state index in [0.29, 0.717) is 19.4 Å². The van der Waals surface area contributed by atoms with Gasteiger partial charge >= 0.3 is 5.97 Å². The Kier molecular flexibility index (Phi) is 12.1. The van der Waals surface area contributed by atoms with Gasteiger partial charge in [0, 0.05) is 6.54 Å². The molecule has 2 rings (SSSR count). The number of nitrogens with zero attached hydrogens (tertiary/aromatic N) is 1. The van der Waals surface area contributed by atoms with Crippen molar-refractivity contribution >= 4 is 35.5 Å². The summed E-state index contributed by atoms with van der Waals surface area (Å²) >= 11 is 0. The van der Waals surface area contributed by atoms with Crippen LogP contribution in [-0.4, -0.2) is 76.2 Å². The minimum absolute atomic E-state index is 0.00105. The van der Waals surface area contributed by atoms with E-state index in [4.69, 9.17) is 5.73 Å². The highest BCUT2D eigenvalue weighted by molar-refractivity contribution is 5.97. The second-order valence-corrected chi connectivity index (χ2v) is 10.9. The second-order valence-electron chi connectivity index (χ2n) is 10.9. The number of amides is 5. The SMILES string of the molecule is CC(C)C[C@H](NC(=O)Cc1ccccc1)C(=O)N[C@@H](CC(=O)O)C(=O)N[C@H](C(=O)N1CCC[C@@H]1C(N)=O)C(C)C. The molecule has 0 aliphatic carbocycles. The lowest BCUT2D eigenvalue weighted by Gasteiger charge is -2.31. The van der Waals surface area contributed by atoms with Gasteiger partial charge in [0.2, 0.25) is 29.5 Å². The summed E-state index contributed by atoms with van der Waals surface area (Å²) in [5.41, 5.74) is 6.20. The Hall–Kier alpha value is -3.96. The molecule has 40 heavy (non-hydrogen) atoms. The Morgan fingerprint density at radius 1 is 0.950 bits per heavy atom. The molecule has 1 saturated heterocycles. The molecule has 1 heterocycles. The van der Waals surface area contributed by atoms with Crippen LogP contribution in [0.2, 0.25) is 0 Å². The maximum Gasteiger partial charge on any atom is 0.305 e. The average Bonchev–Trinajstić information content (AvgIpc) is 3.36. The van der Waals surface area contributed by atoms with Crippen molar-refractivity contribution < 1.29 is 33.9 Å². The molecule has 1 fully saturated rings. The van der Waals surface area contributed by atoms with Crippen molar-refractivity contribution in [1.29, 1.82) is 0 Å². The molecule has 5 amide bonds. The number of benzene rings is 1. The van der Waals surface area contributed by atoms with Crippen LogP contribution in [0.4, 0.5) is 0 Å². The van der Waals surface area contributed by atoms with Crippen LogP contribution < -0.4 is 21.7 Å². The molecule has 0 unspecified atom stereocenters. The summed E-state index contributed by atoms with van der Waals surface area (Å²) in [6.07, 6.45) is 0.567. The fraction of sp³-hybridized carbons (Fsp3) is 0.571. The van der Waals surface area contributed by atoms with Gasteiger partial charge in [-0.2, -0.15) is 0 Å². The van der Waals surface area contributed by atoms with Gasteiger partial charge in [0.1, 0.15) is 24.2 Å². The topological polar surface area (TPSA) is 188 Å². The van der Waals surface area contributed by atoms with E-state index in [1.165, 1.54) is 4.90 Å². The lowest BCUT2D eigenvalue weighted by Crippen LogP contribution is -2.59. The molecule has 1 aromatic rings. The van der Waals surface area contributed by atoms with E-state index in [1.54, 1.807) is 38.1 Å². The van der Waals surface area contributed by atoms with Crippen molar-refractivity contribution in [3.05, 3.63) is 35.9 Å². The number of carbonyl (C=O) groups excluding carboxylic acids is 5. The van der Waals surface area contributed by atoms with Gasteiger partial charge in [0.25, 0.3) is 0 Å². The van der Waals surface area contributed by atoms with Crippen LogP contribution in [0.15, 0.2) is 30.3 Å². The predicted molar refractivity (Wildman–Crippen MR) is 146 cm³/mol. The van der Waals surface area contributed by atoms with Crippen molar-refractivity contribution in [2.45, 2.75) is 84.0 Å². The van der Waals surface area contributed by atoms with Gasteiger partial charge in [-0.05, 0) is 36.7 Å². The first kappa shape index (κ1) is 32.3. The van der Waals surface area contributed by atoms with Crippen molar-refractivity contribution in [1.82, 2.24) is 20.9 Å². The number of carbonyl (C=O) groups is 6. The van der Waals surface area contributed by atoms with E-state index < -0.39 is 72.0 Å². The molecule has 1 aromatic carbocycles. The molecule has 6 N–H and O–H groups in total. The summed E-state index contributed by atoms with van der Waals surface area (Å²) in [6, 6.07) is 4.60. The zero-order valence-corrected chi connectivity index (χ0v) is 23.5. The molecule has 12 nitrogen and oxygen atoms in total. The molecule has 1 aliphatic heterocycles. The highest BCUT2D eigenvalue weighted by Crippen LogP contribution is 2.20. The second kappa shape index (κ2) is 15.0. The summed E-state index contributed by atoms with van der Waals surface area (Å²) in [6.45, 7) is 7.43. The third-order valence-electron chi connectivity index (χ3n) is 6.67. The Bertz CT molecular complexity index is 1080. The number of likely N-dealkylation sites (tertiary alicyclic amines) is 1. The van der Waals surface area contributed by atoms with E-state index >= 15 is 0 Å². The number of nitrogens with one attached hydrogen (secondary N) is 3. The van der Waals surface area contributed by atoms with Gasteiger partial charge in [-0.3, -0.25) is 28.8 Å². The molecule has 1 aliphatic rings. The summed E-state index contributed by atoms with van der Waals surface area (Å²) in [7, 11) is 0. The molecule has 220 valence electrons. The largest absolute Gasteiger partial charge is 0.481 e. The Morgan fingerprint density at radius 3 is 2.12 bits per heavy atom. The predicted octanol–water partition coefficient (Wildman–Crippen LogP) is 0.337. The van der Waals surface area contributed by atoms with Crippen LogP contribution in [0.3, 0.4) is 0 Å². The lowest BCUT2D eigenvalue weighted by atomic mass is 10.00. The summed E-state index contributed by atoms with van der Waals surface area (Å²) in [4.78, 5) is 77.1. The maximum atomic E-state index is 13.3. The fourth-order valence-electron chi connectivity index (χ4n) is 4.66. The van der Waals surface area contributed by atoms with Gasteiger partial charge in [-0.1, -0.05) is 58.0 Å². The van der Waals surface area contributed by atoms with Crippen LogP contribution >= 0.6 is 0 Å². The number of nitrogens with two attached hydrogens (primary N) is 1. The minimum atomic E-state index is -1.51. The highest BCUT2D eigenvalue weighted by Gasteiger charge is 2.39. The number of primary amides is 1. The third-order valence-corrected chi connectivity index (χ3v) is 6.67. The molecule has 0 bridgehead atoms. The molecule has 0 saturated carbocycles. The summed E-state index contributed by atoms with van der Waals surface area (Å²) in [5.74, 6) is -4.86. The van der Waals surface area contributed by atoms with Gasteiger partial charge in [0.05, 0.1) is 12.8 Å². The number of hydrogen-bond donors (Lipinski definition) is 5. The zero-order chi connectivity index (χ0) is 30.0. The molecular formula is C28H41N5O7. The summed E-state index contributed by atoms with van der Waals surface area (Å²) < 4.78 is 0. The standard InChI is InChI=1S/C28H41N5O7/c1-16(2)13-19(30-22(34)14-18-9-6-5-7-10-18)26(38)31-20(15-23(35)36)27(39)32-24(17(3)4)28(40)33-12-8-11-21(33)25(29)37/h5-7,9-10,16-17,19-21,24H,8,11-15H2,1-4H3,(H2,29,37)(H,30,34)(H,31,38)(H,32,39)(H,35,36)/t19-,20-,21+,24-/m0/s1. The normalized spacial score (nSPS) is 17.1. The first-order valence-electron chi connectivity index (χ1n) is 13.6. The van der Waals surface area contributed by atoms with Crippen molar-refractivity contribution in [3.63, 3.8) is 0 Å². The van der Waals surface area contributed by atoms with Crippen LogP contribution in [0.25, 0.3) is 0 Å². The highest BCUT2D eigenvalue weighted by atomic mass is 16.4. The zero-order valence-electron chi connectivity index (χ0n) is 23.5. The Balaban J connectivity index is 2.17. The minimum Gasteiger partial charge on any atom is -0.481 e. The number of carboxylic acid groups (broad SMARTS) is 1. The monoisotopic (exact) mass is 559 g/mol. The summed E-state index contributed by atoms with van der Waals surface area (Å²) in [5, 5.41) is 17.1. The molecule has 12 heteroatoms. The number of carboxylic acids is 1. The number of hydrogen-bond acceptors (Lipinski definition) is 6. The van der Waals surface area contributed by atoms with E-state index in [0.717, 1.165) is 5.56 Å². The lowest BCUT2D eigenvalue weighted by molar-refractivity contribution is -0.143. The van der Waals surface area contributed by atoms with Gasteiger partial charge in [0.15, 0.2) is 0 Å². The van der Waals surface area contributed by atoms with E-state index in [2.05, 4.69) is 16.0 Å². The molecule has 0 spiro atoms. The molecule has 4 atom stereocenters. The van der Waals surface area contributed by atoms with Gasteiger partial charge < -0.3 is 31.7 Å². The fourth-order valence-corrected chi connectivity index (χ4v) is 4.66. The smallest absolute Gasteiger partial charge is 0.305 e. The maximum absolute atomic E-state index is 13.3. The first-order chi connectivity index (χ1) is 18.8. The molecule has 0 aromatic heterocycles. The number of rotatable bonds is 14. The number of aliphatic carboxylic acids is 1. The quantitative estimate of drug-likeness (QED) is 0.217. The van der Waals surface area contributed by atoms with E-state index in [9.17, 15) is 33.9 Å².